The van der Waals surface area contributed by atoms with E-state index in [0.29, 0.717) is 28.3 Å². The summed E-state index contributed by atoms with van der Waals surface area (Å²) in [6.07, 6.45) is 6.06. The SMILES string of the molecule is CCCCCCCc1cc(=O)n2c(c1-c1ccc(F)c(F)c1)SC[C@H]2C(=O)OC. The molecule has 0 amide bonds. The predicted molar refractivity (Wildman–Crippen MR) is 110 cm³/mol. The van der Waals surface area contributed by atoms with Gasteiger partial charge in [0, 0.05) is 17.4 Å². The molecule has 2 heterocycles. The van der Waals surface area contributed by atoms with E-state index < -0.39 is 23.6 Å². The van der Waals surface area contributed by atoms with Gasteiger partial charge in [0.25, 0.3) is 5.56 Å². The van der Waals surface area contributed by atoms with Crippen molar-refractivity contribution in [2.24, 2.45) is 0 Å². The molecular formula is C22H25F2NO3S. The van der Waals surface area contributed by atoms with E-state index in [2.05, 4.69) is 6.92 Å². The molecule has 7 heteroatoms. The third-order valence-corrected chi connectivity index (χ3v) is 6.37. The number of nitrogens with zero attached hydrogens (tertiary/aromatic N) is 1. The Morgan fingerprint density at radius 1 is 1.17 bits per heavy atom. The molecule has 29 heavy (non-hydrogen) atoms. The van der Waals surface area contributed by atoms with E-state index in [4.69, 9.17) is 4.74 Å². The largest absolute Gasteiger partial charge is 0.467 e. The van der Waals surface area contributed by atoms with Crippen molar-refractivity contribution in [3.8, 4) is 11.1 Å². The highest BCUT2D eigenvalue weighted by Crippen LogP contribution is 2.41. The number of hydrogen-bond acceptors (Lipinski definition) is 4. The molecule has 0 radical (unpaired) electrons. The Labute approximate surface area is 173 Å². The first kappa shape index (κ1) is 21.6. The molecule has 1 aliphatic rings. The molecule has 1 aromatic carbocycles. The highest BCUT2D eigenvalue weighted by molar-refractivity contribution is 7.99. The van der Waals surface area contributed by atoms with Crippen LogP contribution in [0.2, 0.25) is 0 Å². The van der Waals surface area contributed by atoms with Gasteiger partial charge in [-0.05, 0) is 36.1 Å². The van der Waals surface area contributed by atoms with E-state index in [1.807, 2.05) is 0 Å². The Morgan fingerprint density at radius 3 is 2.62 bits per heavy atom. The highest BCUT2D eigenvalue weighted by Gasteiger charge is 2.34. The highest BCUT2D eigenvalue weighted by atomic mass is 32.2. The Kier molecular flexibility index (Phi) is 7.11. The fourth-order valence-corrected chi connectivity index (χ4v) is 5.05. The number of methoxy groups -OCH3 is 1. The number of aryl methyl sites for hydroxylation is 1. The maximum absolute atomic E-state index is 14.0. The van der Waals surface area contributed by atoms with Crippen molar-refractivity contribution >= 4 is 17.7 Å². The van der Waals surface area contributed by atoms with Gasteiger partial charge in [-0.1, -0.05) is 38.7 Å². The summed E-state index contributed by atoms with van der Waals surface area (Å²) in [5, 5.41) is 0.613. The van der Waals surface area contributed by atoms with Gasteiger partial charge in [-0.25, -0.2) is 13.6 Å². The van der Waals surface area contributed by atoms with Gasteiger partial charge in [0.1, 0.15) is 6.04 Å². The van der Waals surface area contributed by atoms with Crippen LogP contribution in [-0.4, -0.2) is 23.4 Å². The first-order valence-electron chi connectivity index (χ1n) is 9.92. The topological polar surface area (TPSA) is 48.3 Å². The maximum Gasteiger partial charge on any atom is 0.329 e. The second-order valence-electron chi connectivity index (χ2n) is 7.20. The van der Waals surface area contributed by atoms with Crippen LogP contribution in [0, 0.1) is 11.6 Å². The molecular weight excluding hydrogens is 396 g/mol. The number of benzene rings is 1. The smallest absolute Gasteiger partial charge is 0.329 e. The van der Waals surface area contributed by atoms with Gasteiger partial charge in [0.05, 0.1) is 12.1 Å². The molecule has 0 fully saturated rings. The monoisotopic (exact) mass is 421 g/mol. The lowest BCUT2D eigenvalue weighted by Crippen LogP contribution is -2.30. The molecule has 1 aromatic heterocycles. The maximum atomic E-state index is 14.0. The fourth-order valence-electron chi connectivity index (χ4n) is 3.70. The van der Waals surface area contributed by atoms with Gasteiger partial charge in [-0.3, -0.25) is 9.36 Å². The number of pyridine rings is 1. The molecule has 1 atom stereocenters. The van der Waals surface area contributed by atoms with Gasteiger partial charge < -0.3 is 4.74 Å². The molecule has 0 saturated heterocycles. The number of esters is 1. The van der Waals surface area contributed by atoms with Crippen molar-refractivity contribution in [3.63, 3.8) is 0 Å². The zero-order valence-corrected chi connectivity index (χ0v) is 17.5. The van der Waals surface area contributed by atoms with Crippen molar-refractivity contribution in [3.05, 3.63) is 51.8 Å². The Bertz CT molecular complexity index is 958. The summed E-state index contributed by atoms with van der Waals surface area (Å²) in [6.45, 7) is 2.15. The Morgan fingerprint density at radius 2 is 1.93 bits per heavy atom. The number of carbonyl (C=O) groups excluding carboxylic acids is 1. The zero-order chi connectivity index (χ0) is 21.0. The summed E-state index contributed by atoms with van der Waals surface area (Å²) < 4.78 is 33.7. The summed E-state index contributed by atoms with van der Waals surface area (Å²) in [4.78, 5) is 24.9. The van der Waals surface area contributed by atoms with E-state index in [1.54, 1.807) is 0 Å². The van der Waals surface area contributed by atoms with Gasteiger partial charge in [0.2, 0.25) is 0 Å². The molecule has 2 aromatic rings. The van der Waals surface area contributed by atoms with Gasteiger partial charge in [-0.15, -0.1) is 11.8 Å². The number of unbranched alkanes of at least 4 members (excludes halogenated alkanes) is 4. The summed E-state index contributed by atoms with van der Waals surface area (Å²) in [7, 11) is 1.29. The van der Waals surface area contributed by atoms with Crippen LogP contribution in [0.25, 0.3) is 11.1 Å². The van der Waals surface area contributed by atoms with E-state index in [1.165, 1.54) is 42.0 Å². The van der Waals surface area contributed by atoms with Gasteiger partial charge in [-0.2, -0.15) is 0 Å². The first-order valence-corrected chi connectivity index (χ1v) is 10.9. The Hall–Kier alpha value is -2.15. The minimum absolute atomic E-state index is 0.268. The van der Waals surface area contributed by atoms with Gasteiger partial charge in [0.15, 0.2) is 11.6 Å². The number of ether oxygens (including phenoxy) is 1. The minimum atomic E-state index is -0.936. The predicted octanol–water partition coefficient (Wildman–Crippen LogP) is 5.13. The average Bonchev–Trinajstić information content (AvgIpc) is 3.15. The zero-order valence-electron chi connectivity index (χ0n) is 16.7. The number of rotatable bonds is 8. The van der Waals surface area contributed by atoms with Crippen LogP contribution in [0.3, 0.4) is 0 Å². The lowest BCUT2D eigenvalue weighted by atomic mass is 9.96. The van der Waals surface area contributed by atoms with Crippen molar-refractivity contribution in [1.29, 1.82) is 0 Å². The average molecular weight is 422 g/mol. The summed E-state index contributed by atoms with van der Waals surface area (Å²) in [5.41, 5.74) is 1.75. The van der Waals surface area contributed by atoms with Crippen LogP contribution in [-0.2, 0) is 16.0 Å². The van der Waals surface area contributed by atoms with Crippen LogP contribution < -0.4 is 5.56 Å². The lowest BCUT2D eigenvalue weighted by molar-refractivity contribution is -0.143. The number of thioether (sulfide) groups is 1. The second-order valence-corrected chi connectivity index (χ2v) is 8.21. The van der Waals surface area contributed by atoms with Crippen molar-refractivity contribution < 1.29 is 18.3 Å². The molecule has 4 nitrogen and oxygen atoms in total. The molecule has 1 aliphatic heterocycles. The molecule has 0 unspecified atom stereocenters. The number of carbonyl (C=O) groups is 1. The van der Waals surface area contributed by atoms with E-state index in [9.17, 15) is 18.4 Å². The normalized spacial score (nSPS) is 15.4. The third kappa shape index (κ3) is 4.55. The molecule has 0 bridgehead atoms. The molecule has 0 spiro atoms. The fraction of sp³-hybridized carbons (Fsp3) is 0.455. The molecule has 0 N–H and O–H groups in total. The second kappa shape index (κ2) is 9.57. The van der Waals surface area contributed by atoms with E-state index in [0.717, 1.165) is 43.4 Å². The van der Waals surface area contributed by atoms with Crippen LogP contribution in [0.5, 0.6) is 0 Å². The molecule has 156 valence electrons. The summed E-state index contributed by atoms with van der Waals surface area (Å²) in [6, 6.07) is 4.58. The first-order chi connectivity index (χ1) is 14.0. The molecule has 3 rings (SSSR count). The number of aromatic nitrogens is 1. The van der Waals surface area contributed by atoms with Crippen LogP contribution >= 0.6 is 11.8 Å². The molecule has 0 aliphatic carbocycles. The number of halogens is 2. The summed E-state index contributed by atoms with van der Waals surface area (Å²) >= 11 is 1.37. The van der Waals surface area contributed by atoms with Crippen LogP contribution in [0.15, 0.2) is 34.1 Å². The summed E-state index contributed by atoms with van der Waals surface area (Å²) in [5.74, 6) is -1.96. The van der Waals surface area contributed by atoms with Crippen molar-refractivity contribution in [2.45, 2.75) is 56.5 Å². The quantitative estimate of drug-likeness (QED) is 0.438. The molecule has 0 saturated carbocycles. The van der Waals surface area contributed by atoms with E-state index in [-0.39, 0.29) is 5.56 Å². The third-order valence-electron chi connectivity index (χ3n) is 5.21. The van der Waals surface area contributed by atoms with Gasteiger partial charge >= 0.3 is 5.97 Å². The number of hydrogen-bond donors (Lipinski definition) is 0. The number of fused-ring (bicyclic) bond motifs is 1. The van der Waals surface area contributed by atoms with Crippen LogP contribution in [0.4, 0.5) is 8.78 Å². The Balaban J connectivity index is 2.06. The van der Waals surface area contributed by atoms with Crippen molar-refractivity contribution in [1.82, 2.24) is 4.57 Å². The minimum Gasteiger partial charge on any atom is -0.467 e. The van der Waals surface area contributed by atoms with Crippen molar-refractivity contribution in [2.75, 3.05) is 12.9 Å². The lowest BCUT2D eigenvalue weighted by Gasteiger charge is -2.17. The van der Waals surface area contributed by atoms with E-state index >= 15 is 0 Å². The standard InChI is InChI=1S/C22H25F2NO3S/c1-3-4-5-6-7-8-14-12-19(26)25-18(22(27)28-2)13-29-21(25)20(14)15-9-10-16(23)17(24)11-15/h9-12,18H,3-8,13H2,1-2H3/t18-/m0/s1. The van der Waals surface area contributed by atoms with Crippen LogP contribution in [0.1, 0.15) is 50.6 Å².